The van der Waals surface area contributed by atoms with Crippen LogP contribution >= 0.6 is 0 Å². The van der Waals surface area contributed by atoms with E-state index in [0.717, 1.165) is 19.6 Å². The molecule has 0 aromatic heterocycles. The summed E-state index contributed by atoms with van der Waals surface area (Å²) in [6.45, 7) is 2.86. The van der Waals surface area contributed by atoms with Gasteiger partial charge >= 0.3 is 7.12 Å². The Hall–Kier alpha value is -1.62. The molecule has 2 N–H and O–H groups in total. The van der Waals surface area contributed by atoms with Gasteiger partial charge in [-0.2, -0.15) is 0 Å². The zero-order chi connectivity index (χ0) is 13.2. The third-order valence-electron chi connectivity index (χ3n) is 3.59. The first kappa shape index (κ1) is 12.4. The standard InChI is InChI=1S/C15H16BNO2/c18-16(19)15-7-5-12(6-8-15)9-17-10-13-3-1-2-4-14(13)11-17/h1-8,18-19H,9-11H2. The summed E-state index contributed by atoms with van der Waals surface area (Å²) >= 11 is 0. The van der Waals surface area contributed by atoms with Crippen molar-refractivity contribution in [2.24, 2.45) is 0 Å². The molecule has 0 unspecified atom stereocenters. The Labute approximate surface area is 113 Å². The fraction of sp³-hybridized carbons (Fsp3) is 0.200. The first-order valence-corrected chi connectivity index (χ1v) is 6.46. The van der Waals surface area contributed by atoms with E-state index in [4.69, 9.17) is 10.0 Å². The van der Waals surface area contributed by atoms with Gasteiger partial charge in [0.1, 0.15) is 0 Å². The van der Waals surface area contributed by atoms with Gasteiger partial charge in [-0.15, -0.1) is 0 Å². The van der Waals surface area contributed by atoms with Crippen LogP contribution in [0.3, 0.4) is 0 Å². The SMILES string of the molecule is OB(O)c1ccc(CN2Cc3ccccc3C2)cc1. The van der Waals surface area contributed by atoms with Crippen molar-refractivity contribution in [3.8, 4) is 0 Å². The molecule has 0 bridgehead atoms. The molecule has 0 amide bonds. The molecular weight excluding hydrogens is 237 g/mol. The zero-order valence-corrected chi connectivity index (χ0v) is 10.7. The van der Waals surface area contributed by atoms with Gasteiger partial charge in [0.15, 0.2) is 0 Å². The lowest BCUT2D eigenvalue weighted by Gasteiger charge is -2.15. The molecule has 0 atom stereocenters. The maximum absolute atomic E-state index is 9.06. The van der Waals surface area contributed by atoms with Gasteiger partial charge in [0.2, 0.25) is 0 Å². The number of hydrogen-bond donors (Lipinski definition) is 2. The molecule has 19 heavy (non-hydrogen) atoms. The second kappa shape index (κ2) is 5.17. The van der Waals surface area contributed by atoms with Crippen LogP contribution in [0.5, 0.6) is 0 Å². The van der Waals surface area contributed by atoms with Gasteiger partial charge in [0.05, 0.1) is 0 Å². The Morgan fingerprint density at radius 1 is 0.895 bits per heavy atom. The van der Waals surface area contributed by atoms with Gasteiger partial charge < -0.3 is 10.0 Å². The molecule has 0 spiro atoms. The van der Waals surface area contributed by atoms with E-state index in [1.54, 1.807) is 12.1 Å². The molecule has 2 aromatic rings. The second-order valence-electron chi connectivity index (χ2n) is 5.03. The molecule has 1 aliphatic heterocycles. The second-order valence-corrected chi connectivity index (χ2v) is 5.03. The zero-order valence-electron chi connectivity index (χ0n) is 10.7. The highest BCUT2D eigenvalue weighted by atomic mass is 16.4. The molecule has 0 fully saturated rings. The van der Waals surface area contributed by atoms with Gasteiger partial charge in [0, 0.05) is 19.6 Å². The highest BCUT2D eigenvalue weighted by Crippen LogP contribution is 2.23. The van der Waals surface area contributed by atoms with Crippen molar-refractivity contribution >= 4 is 12.6 Å². The van der Waals surface area contributed by atoms with Crippen LogP contribution in [0.25, 0.3) is 0 Å². The highest BCUT2D eigenvalue weighted by Gasteiger charge is 2.18. The molecule has 4 heteroatoms. The molecule has 1 aliphatic rings. The minimum Gasteiger partial charge on any atom is -0.423 e. The van der Waals surface area contributed by atoms with Gasteiger partial charge in [-0.3, -0.25) is 4.90 Å². The van der Waals surface area contributed by atoms with E-state index in [1.165, 1.54) is 16.7 Å². The van der Waals surface area contributed by atoms with Crippen LogP contribution in [0.2, 0.25) is 0 Å². The highest BCUT2D eigenvalue weighted by molar-refractivity contribution is 6.58. The van der Waals surface area contributed by atoms with Crippen LogP contribution in [-0.2, 0) is 19.6 Å². The molecule has 3 nitrogen and oxygen atoms in total. The first-order valence-electron chi connectivity index (χ1n) is 6.46. The average molecular weight is 253 g/mol. The molecule has 0 radical (unpaired) electrons. The van der Waals surface area contributed by atoms with Crippen LogP contribution in [0.15, 0.2) is 48.5 Å². The van der Waals surface area contributed by atoms with Crippen molar-refractivity contribution in [1.29, 1.82) is 0 Å². The normalized spacial score (nSPS) is 14.4. The lowest BCUT2D eigenvalue weighted by molar-refractivity contribution is 0.275. The minimum atomic E-state index is -1.38. The van der Waals surface area contributed by atoms with Crippen molar-refractivity contribution in [1.82, 2.24) is 4.90 Å². The smallest absolute Gasteiger partial charge is 0.423 e. The molecule has 1 heterocycles. The Morgan fingerprint density at radius 2 is 1.47 bits per heavy atom. The average Bonchev–Trinajstić information content (AvgIpc) is 2.81. The summed E-state index contributed by atoms with van der Waals surface area (Å²) < 4.78 is 0. The maximum Gasteiger partial charge on any atom is 0.488 e. The summed E-state index contributed by atoms with van der Waals surface area (Å²) in [6.07, 6.45) is 0. The Balaban J connectivity index is 1.67. The van der Waals surface area contributed by atoms with E-state index in [9.17, 15) is 0 Å². The number of benzene rings is 2. The molecule has 3 rings (SSSR count). The number of hydrogen-bond acceptors (Lipinski definition) is 3. The Bertz CT molecular complexity index is 544. The molecule has 2 aromatic carbocycles. The van der Waals surface area contributed by atoms with E-state index in [2.05, 4.69) is 29.2 Å². The molecule has 0 aliphatic carbocycles. The van der Waals surface area contributed by atoms with Crippen molar-refractivity contribution < 1.29 is 10.0 Å². The number of rotatable bonds is 3. The molecular formula is C15H16BNO2. The minimum absolute atomic E-state index is 0.536. The van der Waals surface area contributed by atoms with E-state index in [-0.39, 0.29) is 0 Å². The van der Waals surface area contributed by atoms with Gasteiger partial charge in [-0.1, -0.05) is 48.5 Å². The monoisotopic (exact) mass is 253 g/mol. The maximum atomic E-state index is 9.06. The van der Waals surface area contributed by atoms with Crippen LogP contribution in [-0.4, -0.2) is 22.1 Å². The summed E-state index contributed by atoms with van der Waals surface area (Å²) in [5.41, 5.74) is 4.54. The van der Waals surface area contributed by atoms with Crippen LogP contribution < -0.4 is 5.46 Å². The lowest BCUT2D eigenvalue weighted by atomic mass is 9.80. The van der Waals surface area contributed by atoms with Gasteiger partial charge in [-0.05, 0) is 22.2 Å². The van der Waals surface area contributed by atoms with Crippen molar-refractivity contribution in [2.45, 2.75) is 19.6 Å². The number of nitrogens with zero attached hydrogens (tertiary/aromatic N) is 1. The largest absolute Gasteiger partial charge is 0.488 e. The fourth-order valence-electron chi connectivity index (χ4n) is 2.57. The summed E-state index contributed by atoms with van der Waals surface area (Å²) in [5, 5.41) is 18.1. The van der Waals surface area contributed by atoms with Crippen molar-refractivity contribution in [2.75, 3.05) is 0 Å². The Kier molecular flexibility index (Phi) is 3.38. The predicted octanol–water partition coefficient (Wildman–Crippen LogP) is 0.882. The number of fused-ring (bicyclic) bond motifs is 1. The Morgan fingerprint density at radius 3 is 2.00 bits per heavy atom. The van der Waals surface area contributed by atoms with E-state index in [0.29, 0.717) is 5.46 Å². The van der Waals surface area contributed by atoms with Crippen LogP contribution in [0, 0.1) is 0 Å². The topological polar surface area (TPSA) is 43.7 Å². The third-order valence-corrected chi connectivity index (χ3v) is 3.59. The van der Waals surface area contributed by atoms with Gasteiger partial charge in [-0.25, -0.2) is 0 Å². The first-order chi connectivity index (χ1) is 9.22. The lowest BCUT2D eigenvalue weighted by Crippen LogP contribution is -2.29. The summed E-state index contributed by atoms with van der Waals surface area (Å²) in [7, 11) is -1.38. The van der Waals surface area contributed by atoms with Crippen LogP contribution in [0.1, 0.15) is 16.7 Å². The summed E-state index contributed by atoms with van der Waals surface area (Å²) in [4.78, 5) is 2.38. The fourth-order valence-corrected chi connectivity index (χ4v) is 2.57. The van der Waals surface area contributed by atoms with Crippen molar-refractivity contribution in [3.63, 3.8) is 0 Å². The third kappa shape index (κ3) is 2.71. The molecule has 0 saturated carbocycles. The quantitative estimate of drug-likeness (QED) is 0.798. The van der Waals surface area contributed by atoms with Crippen molar-refractivity contribution in [3.05, 3.63) is 65.2 Å². The summed E-state index contributed by atoms with van der Waals surface area (Å²) in [6, 6.07) is 16.0. The van der Waals surface area contributed by atoms with E-state index in [1.807, 2.05) is 12.1 Å². The van der Waals surface area contributed by atoms with Gasteiger partial charge in [0.25, 0.3) is 0 Å². The van der Waals surface area contributed by atoms with E-state index < -0.39 is 7.12 Å². The summed E-state index contributed by atoms with van der Waals surface area (Å²) in [5.74, 6) is 0. The molecule has 96 valence electrons. The molecule has 0 saturated heterocycles. The predicted molar refractivity (Wildman–Crippen MR) is 75.7 cm³/mol. The van der Waals surface area contributed by atoms with E-state index >= 15 is 0 Å². The van der Waals surface area contributed by atoms with Crippen LogP contribution in [0.4, 0.5) is 0 Å².